The van der Waals surface area contributed by atoms with E-state index in [9.17, 15) is 0 Å². The predicted octanol–water partition coefficient (Wildman–Crippen LogP) is 4.71. The minimum absolute atomic E-state index is 0.327. The number of nitrogens with zero attached hydrogens (tertiary/aromatic N) is 1. The van der Waals surface area contributed by atoms with Gasteiger partial charge >= 0.3 is 0 Å². The molecule has 2 aromatic rings. The van der Waals surface area contributed by atoms with Gasteiger partial charge in [-0.3, -0.25) is 0 Å². The number of nitrogens with one attached hydrogen (secondary N) is 1. The highest BCUT2D eigenvalue weighted by molar-refractivity contribution is 6.31. The monoisotopic (exact) mass is 310 g/mol. The second-order valence-corrected chi connectivity index (χ2v) is 6.34. The van der Waals surface area contributed by atoms with Gasteiger partial charge in [-0.1, -0.05) is 29.8 Å². The molecule has 2 nitrogen and oxygen atoms in total. The molecule has 0 unspecified atom stereocenters. The first-order valence-corrected chi connectivity index (χ1v) is 7.99. The summed E-state index contributed by atoms with van der Waals surface area (Å²) in [5, 5.41) is 13.3. The number of halogens is 1. The molecule has 1 N–H and O–H groups in total. The Kier molecular flexibility index (Phi) is 4.20. The van der Waals surface area contributed by atoms with Gasteiger partial charge < -0.3 is 5.32 Å². The molecule has 0 heterocycles. The van der Waals surface area contributed by atoms with Crippen LogP contribution in [0, 0.1) is 18.3 Å². The number of benzene rings is 2. The minimum atomic E-state index is 0.327. The number of rotatable bonds is 2. The summed E-state index contributed by atoms with van der Waals surface area (Å²) in [7, 11) is 1.99. The molecule has 0 aromatic heterocycles. The van der Waals surface area contributed by atoms with Crippen molar-refractivity contribution in [2.24, 2.45) is 0 Å². The summed E-state index contributed by atoms with van der Waals surface area (Å²) in [6, 6.07) is 14.9. The van der Waals surface area contributed by atoms with E-state index in [0.29, 0.717) is 12.0 Å². The fourth-order valence-corrected chi connectivity index (χ4v) is 3.56. The summed E-state index contributed by atoms with van der Waals surface area (Å²) in [5.74, 6) is 0.378. The van der Waals surface area contributed by atoms with Crippen molar-refractivity contribution in [3.63, 3.8) is 0 Å². The van der Waals surface area contributed by atoms with E-state index in [4.69, 9.17) is 16.9 Å². The molecule has 112 valence electrons. The van der Waals surface area contributed by atoms with Crippen LogP contribution >= 0.6 is 11.6 Å². The molecule has 3 heteroatoms. The van der Waals surface area contributed by atoms with Crippen molar-refractivity contribution in [1.82, 2.24) is 5.32 Å². The first-order chi connectivity index (χ1) is 10.6. The summed E-state index contributed by atoms with van der Waals surface area (Å²) in [5.41, 5.74) is 5.73. The molecule has 0 spiro atoms. The third kappa shape index (κ3) is 2.63. The van der Waals surface area contributed by atoms with Gasteiger partial charge in [0.1, 0.15) is 0 Å². The zero-order valence-corrected chi connectivity index (χ0v) is 13.6. The Bertz CT molecular complexity index is 746. The Morgan fingerprint density at radius 2 is 1.95 bits per heavy atom. The Morgan fingerprint density at radius 1 is 1.14 bits per heavy atom. The second-order valence-electron chi connectivity index (χ2n) is 5.94. The smallest absolute Gasteiger partial charge is 0.0991 e. The van der Waals surface area contributed by atoms with Crippen molar-refractivity contribution in [2.45, 2.75) is 31.7 Å². The van der Waals surface area contributed by atoms with Crippen LogP contribution < -0.4 is 5.32 Å². The van der Waals surface area contributed by atoms with E-state index in [1.165, 1.54) is 16.7 Å². The zero-order chi connectivity index (χ0) is 15.7. The molecule has 0 saturated carbocycles. The van der Waals surface area contributed by atoms with Crippen molar-refractivity contribution in [3.05, 3.63) is 69.2 Å². The van der Waals surface area contributed by atoms with Gasteiger partial charge in [0.05, 0.1) is 11.6 Å². The Hall–Kier alpha value is -1.82. The third-order valence-corrected chi connectivity index (χ3v) is 5.07. The van der Waals surface area contributed by atoms with E-state index in [2.05, 4.69) is 29.6 Å². The summed E-state index contributed by atoms with van der Waals surface area (Å²) in [6.45, 7) is 2.05. The van der Waals surface area contributed by atoms with Crippen molar-refractivity contribution >= 4 is 11.6 Å². The molecule has 0 amide bonds. The van der Waals surface area contributed by atoms with Crippen LogP contribution in [0.2, 0.25) is 5.02 Å². The highest BCUT2D eigenvalue weighted by atomic mass is 35.5. The molecule has 1 aliphatic carbocycles. The summed E-state index contributed by atoms with van der Waals surface area (Å²) in [6.07, 6.45) is 2.18. The summed E-state index contributed by atoms with van der Waals surface area (Å²) >= 11 is 6.16. The molecule has 1 aliphatic rings. The van der Waals surface area contributed by atoms with Gasteiger partial charge in [0.15, 0.2) is 0 Å². The highest BCUT2D eigenvalue weighted by Crippen LogP contribution is 2.42. The average molecular weight is 311 g/mol. The second kappa shape index (κ2) is 6.12. The van der Waals surface area contributed by atoms with Gasteiger partial charge in [-0.2, -0.15) is 5.26 Å². The van der Waals surface area contributed by atoms with Crippen molar-refractivity contribution in [3.8, 4) is 6.07 Å². The standard InChI is InChI=1S/C19H19ClN2/c1-12-9-14(4-7-18(12)20)15-6-8-19(22-2)17-10-13(11-21)3-5-16(15)17/h3-5,7,9-10,15,19,22H,6,8H2,1-2H3/t15-,19-/m0/s1. The molecule has 2 aromatic carbocycles. The van der Waals surface area contributed by atoms with E-state index in [0.717, 1.165) is 29.0 Å². The fourth-order valence-electron chi connectivity index (χ4n) is 3.44. The number of nitriles is 1. The first-order valence-electron chi connectivity index (χ1n) is 7.61. The third-order valence-electron chi connectivity index (χ3n) is 4.64. The van der Waals surface area contributed by atoms with Gasteiger partial charge in [0.25, 0.3) is 0 Å². The maximum absolute atomic E-state index is 9.16. The maximum Gasteiger partial charge on any atom is 0.0991 e. The van der Waals surface area contributed by atoms with Crippen LogP contribution in [0.1, 0.15) is 52.6 Å². The lowest BCUT2D eigenvalue weighted by Gasteiger charge is -2.32. The van der Waals surface area contributed by atoms with Gasteiger partial charge in [-0.25, -0.2) is 0 Å². The van der Waals surface area contributed by atoms with Crippen LogP contribution in [-0.4, -0.2) is 7.05 Å². The van der Waals surface area contributed by atoms with Crippen LogP contribution in [0.4, 0.5) is 0 Å². The Morgan fingerprint density at radius 3 is 2.64 bits per heavy atom. The lowest BCUT2D eigenvalue weighted by molar-refractivity contribution is 0.470. The highest BCUT2D eigenvalue weighted by Gasteiger charge is 2.27. The maximum atomic E-state index is 9.16. The molecule has 22 heavy (non-hydrogen) atoms. The summed E-state index contributed by atoms with van der Waals surface area (Å²) in [4.78, 5) is 0. The molecule has 0 radical (unpaired) electrons. The molecule has 2 atom stereocenters. The Balaban J connectivity index is 2.09. The van der Waals surface area contributed by atoms with E-state index in [1.54, 1.807) is 0 Å². The van der Waals surface area contributed by atoms with Crippen LogP contribution in [0.15, 0.2) is 36.4 Å². The lowest BCUT2D eigenvalue weighted by Crippen LogP contribution is -2.24. The SMILES string of the molecule is CN[C@H]1CC[C@@H](c2ccc(Cl)c(C)c2)c2ccc(C#N)cc21. The topological polar surface area (TPSA) is 35.8 Å². The van der Waals surface area contributed by atoms with Crippen LogP contribution in [0.3, 0.4) is 0 Å². The molecule has 3 rings (SSSR count). The fraction of sp³-hybridized carbons (Fsp3) is 0.316. The number of fused-ring (bicyclic) bond motifs is 1. The molecular formula is C19H19ClN2. The molecular weight excluding hydrogens is 292 g/mol. The number of hydrogen-bond donors (Lipinski definition) is 1. The molecule has 0 aliphatic heterocycles. The first kappa shape index (κ1) is 15.1. The van der Waals surface area contributed by atoms with Crippen molar-refractivity contribution in [2.75, 3.05) is 7.05 Å². The average Bonchev–Trinajstić information content (AvgIpc) is 2.55. The number of hydrogen-bond acceptors (Lipinski definition) is 2. The quantitative estimate of drug-likeness (QED) is 0.872. The Labute approximate surface area is 136 Å². The van der Waals surface area contributed by atoms with Crippen LogP contribution in [-0.2, 0) is 0 Å². The van der Waals surface area contributed by atoms with Gasteiger partial charge in [-0.15, -0.1) is 0 Å². The lowest BCUT2D eigenvalue weighted by atomic mass is 9.76. The minimum Gasteiger partial charge on any atom is -0.313 e. The number of aryl methyl sites for hydroxylation is 1. The van der Waals surface area contributed by atoms with Crippen molar-refractivity contribution in [1.29, 1.82) is 5.26 Å². The van der Waals surface area contributed by atoms with Gasteiger partial charge in [0, 0.05) is 17.0 Å². The van der Waals surface area contributed by atoms with E-state index in [1.807, 2.05) is 32.2 Å². The molecule has 0 saturated heterocycles. The zero-order valence-electron chi connectivity index (χ0n) is 12.9. The van der Waals surface area contributed by atoms with E-state index < -0.39 is 0 Å². The van der Waals surface area contributed by atoms with Crippen molar-refractivity contribution < 1.29 is 0 Å². The van der Waals surface area contributed by atoms with Crippen LogP contribution in [0.25, 0.3) is 0 Å². The van der Waals surface area contributed by atoms with Gasteiger partial charge in [-0.05, 0) is 67.3 Å². The molecule has 0 fully saturated rings. The van der Waals surface area contributed by atoms with Crippen LogP contribution in [0.5, 0.6) is 0 Å². The largest absolute Gasteiger partial charge is 0.313 e. The van der Waals surface area contributed by atoms with Gasteiger partial charge in [0.2, 0.25) is 0 Å². The molecule has 0 bridgehead atoms. The van der Waals surface area contributed by atoms with E-state index in [-0.39, 0.29) is 0 Å². The predicted molar refractivity (Wildman–Crippen MR) is 90.2 cm³/mol. The van der Waals surface area contributed by atoms with E-state index >= 15 is 0 Å². The normalized spacial score (nSPS) is 20.3. The summed E-state index contributed by atoms with van der Waals surface area (Å²) < 4.78 is 0.